The molecule has 6 rings (SSSR count). The van der Waals surface area contributed by atoms with Crippen LogP contribution in [0.25, 0.3) is 11.1 Å². The maximum atomic E-state index is 13.8. The molecule has 0 radical (unpaired) electrons. The summed E-state index contributed by atoms with van der Waals surface area (Å²) in [6, 6.07) is 27.1. The number of carbonyl (C=O) groups excluding carboxylic acids is 1. The summed E-state index contributed by atoms with van der Waals surface area (Å²) < 4.78 is 15.4. The highest BCUT2D eigenvalue weighted by Crippen LogP contribution is 2.51. The van der Waals surface area contributed by atoms with Crippen molar-refractivity contribution in [2.75, 3.05) is 6.54 Å². The van der Waals surface area contributed by atoms with Gasteiger partial charge in [0.15, 0.2) is 0 Å². The third-order valence-electron chi connectivity index (χ3n) is 8.57. The lowest BCUT2D eigenvalue weighted by atomic mass is 9.74. The van der Waals surface area contributed by atoms with E-state index in [1.807, 2.05) is 41.7 Å². The van der Waals surface area contributed by atoms with Crippen LogP contribution in [0.2, 0.25) is 0 Å². The standard InChI is InChI=1S/C35H39N3O3/c1-35(2)31-16-15-29(40-34(31)30-22-28(14-17-32(30)41-35)27-12-7-4-8-13-27)23-33(39)38(24-26-10-5-3-6-11-26)20-9-19-37-21-18-36-25-37/h3-8,10-14,17-18,21-22,25,29,31,34H,9,15-16,19-20,23-24H2,1-2H3/t29-,31+,34-/m0/s1. The van der Waals surface area contributed by atoms with Crippen LogP contribution in [0.15, 0.2) is 97.6 Å². The Balaban J connectivity index is 1.19. The largest absolute Gasteiger partial charge is 0.487 e. The Morgan fingerprint density at radius 1 is 1.00 bits per heavy atom. The zero-order valence-electron chi connectivity index (χ0n) is 24.0. The summed E-state index contributed by atoms with van der Waals surface area (Å²) in [5.74, 6) is 1.25. The molecule has 0 N–H and O–H groups in total. The Bertz CT molecular complexity index is 1440. The van der Waals surface area contributed by atoms with E-state index in [2.05, 4.69) is 78.0 Å². The van der Waals surface area contributed by atoms with Crippen LogP contribution in [0.4, 0.5) is 0 Å². The van der Waals surface area contributed by atoms with E-state index in [0.29, 0.717) is 19.5 Å². The van der Waals surface area contributed by atoms with Crippen molar-refractivity contribution in [3.05, 3.63) is 109 Å². The number of fused-ring (bicyclic) bond motifs is 3. The molecular weight excluding hydrogens is 510 g/mol. The van der Waals surface area contributed by atoms with Crippen molar-refractivity contribution in [2.45, 2.75) is 70.4 Å². The predicted octanol–water partition coefficient (Wildman–Crippen LogP) is 7.07. The molecule has 212 valence electrons. The molecule has 4 aromatic rings. The van der Waals surface area contributed by atoms with E-state index in [0.717, 1.165) is 48.2 Å². The maximum absolute atomic E-state index is 13.8. The highest BCUT2D eigenvalue weighted by Gasteiger charge is 2.47. The summed E-state index contributed by atoms with van der Waals surface area (Å²) in [6.45, 7) is 6.45. The summed E-state index contributed by atoms with van der Waals surface area (Å²) in [5.41, 5.74) is 4.22. The van der Waals surface area contributed by atoms with Gasteiger partial charge in [-0.3, -0.25) is 4.79 Å². The third-order valence-corrected chi connectivity index (χ3v) is 8.57. The highest BCUT2D eigenvalue weighted by molar-refractivity contribution is 5.76. The van der Waals surface area contributed by atoms with E-state index >= 15 is 0 Å². The number of ether oxygens (including phenoxy) is 2. The highest BCUT2D eigenvalue weighted by atomic mass is 16.5. The summed E-state index contributed by atoms with van der Waals surface area (Å²) >= 11 is 0. The Morgan fingerprint density at radius 3 is 2.54 bits per heavy atom. The number of nitrogens with zero attached hydrogens (tertiary/aromatic N) is 3. The second-order valence-corrected chi connectivity index (χ2v) is 11.8. The Hall–Kier alpha value is -3.90. The Kier molecular flexibility index (Phi) is 7.93. The number of benzene rings is 3. The molecule has 0 aliphatic carbocycles. The van der Waals surface area contributed by atoms with Crippen molar-refractivity contribution in [1.82, 2.24) is 14.5 Å². The molecule has 1 amide bonds. The van der Waals surface area contributed by atoms with Crippen molar-refractivity contribution < 1.29 is 14.3 Å². The minimum Gasteiger partial charge on any atom is -0.487 e. The molecule has 1 saturated heterocycles. The van der Waals surface area contributed by atoms with Crippen molar-refractivity contribution in [1.29, 1.82) is 0 Å². The van der Waals surface area contributed by atoms with Gasteiger partial charge in [0.2, 0.25) is 5.91 Å². The minimum atomic E-state index is -0.340. The average Bonchev–Trinajstić information content (AvgIpc) is 3.51. The zero-order valence-corrected chi connectivity index (χ0v) is 24.0. The Morgan fingerprint density at radius 2 is 1.78 bits per heavy atom. The lowest BCUT2D eigenvalue weighted by molar-refractivity contribution is -0.160. The van der Waals surface area contributed by atoms with Crippen LogP contribution < -0.4 is 4.74 Å². The summed E-state index contributed by atoms with van der Waals surface area (Å²) in [7, 11) is 0. The predicted molar refractivity (Wildman–Crippen MR) is 160 cm³/mol. The zero-order chi connectivity index (χ0) is 28.2. The van der Waals surface area contributed by atoms with Gasteiger partial charge in [-0.05, 0) is 61.9 Å². The van der Waals surface area contributed by atoms with Gasteiger partial charge in [0, 0.05) is 43.5 Å². The third kappa shape index (κ3) is 6.23. The molecular formula is C35H39N3O3. The average molecular weight is 550 g/mol. The molecule has 2 aliphatic heterocycles. The van der Waals surface area contributed by atoms with Crippen LogP contribution in [0.3, 0.4) is 0 Å². The number of carbonyl (C=O) groups is 1. The second-order valence-electron chi connectivity index (χ2n) is 11.8. The van der Waals surface area contributed by atoms with Gasteiger partial charge in [-0.2, -0.15) is 0 Å². The molecule has 3 heterocycles. The number of aryl methyl sites for hydroxylation is 1. The fourth-order valence-electron chi connectivity index (χ4n) is 6.36. The van der Waals surface area contributed by atoms with E-state index in [1.54, 1.807) is 6.20 Å². The fourth-order valence-corrected chi connectivity index (χ4v) is 6.36. The molecule has 6 nitrogen and oxygen atoms in total. The van der Waals surface area contributed by atoms with Crippen LogP contribution in [0.5, 0.6) is 5.75 Å². The van der Waals surface area contributed by atoms with Crippen LogP contribution in [0.1, 0.15) is 56.8 Å². The first-order valence-corrected chi connectivity index (χ1v) is 14.8. The van der Waals surface area contributed by atoms with Gasteiger partial charge >= 0.3 is 0 Å². The Labute approximate surface area is 242 Å². The van der Waals surface area contributed by atoms with Gasteiger partial charge in [0.25, 0.3) is 0 Å². The molecule has 0 saturated carbocycles. The summed E-state index contributed by atoms with van der Waals surface area (Å²) in [6.07, 6.45) is 8.41. The number of rotatable bonds is 9. The molecule has 1 aromatic heterocycles. The van der Waals surface area contributed by atoms with Gasteiger partial charge in [0.05, 0.1) is 25.0 Å². The quantitative estimate of drug-likeness (QED) is 0.224. The number of hydrogen-bond acceptors (Lipinski definition) is 4. The number of imidazole rings is 1. The first-order chi connectivity index (χ1) is 20.0. The molecule has 0 bridgehead atoms. The van der Waals surface area contributed by atoms with E-state index < -0.39 is 0 Å². The number of amides is 1. The van der Waals surface area contributed by atoms with Gasteiger partial charge in [-0.1, -0.05) is 66.7 Å². The van der Waals surface area contributed by atoms with Gasteiger partial charge in [-0.15, -0.1) is 0 Å². The molecule has 3 aromatic carbocycles. The molecule has 41 heavy (non-hydrogen) atoms. The van der Waals surface area contributed by atoms with Crippen molar-refractivity contribution in [3.63, 3.8) is 0 Å². The summed E-state index contributed by atoms with van der Waals surface area (Å²) in [4.78, 5) is 19.9. The van der Waals surface area contributed by atoms with Crippen LogP contribution in [0, 0.1) is 5.92 Å². The van der Waals surface area contributed by atoms with E-state index in [9.17, 15) is 4.79 Å². The summed E-state index contributed by atoms with van der Waals surface area (Å²) in [5, 5.41) is 0. The topological polar surface area (TPSA) is 56.6 Å². The molecule has 2 aliphatic rings. The van der Waals surface area contributed by atoms with Crippen molar-refractivity contribution >= 4 is 5.91 Å². The first-order valence-electron chi connectivity index (χ1n) is 14.8. The second kappa shape index (κ2) is 11.9. The first kappa shape index (κ1) is 27.3. The fraction of sp³-hybridized carbons (Fsp3) is 0.371. The van der Waals surface area contributed by atoms with E-state index in [1.165, 1.54) is 5.56 Å². The molecule has 0 unspecified atom stereocenters. The van der Waals surface area contributed by atoms with Crippen molar-refractivity contribution in [2.24, 2.45) is 5.92 Å². The molecule has 3 atom stereocenters. The van der Waals surface area contributed by atoms with Gasteiger partial charge in [0.1, 0.15) is 11.4 Å². The van der Waals surface area contributed by atoms with Crippen LogP contribution >= 0.6 is 0 Å². The lowest BCUT2D eigenvalue weighted by Crippen LogP contribution is -2.49. The number of aromatic nitrogens is 2. The van der Waals surface area contributed by atoms with E-state index in [-0.39, 0.29) is 29.6 Å². The van der Waals surface area contributed by atoms with Crippen LogP contribution in [-0.2, 0) is 22.6 Å². The SMILES string of the molecule is CC1(C)Oc2ccc(-c3ccccc3)cc2[C@@H]2O[C@H](CC(=O)N(CCCn3ccnc3)Cc3ccccc3)CC[C@H]21. The number of hydrogen-bond donors (Lipinski definition) is 0. The molecule has 1 fully saturated rings. The maximum Gasteiger partial charge on any atom is 0.225 e. The minimum absolute atomic E-state index is 0.104. The van der Waals surface area contributed by atoms with Gasteiger partial charge < -0.3 is 18.9 Å². The molecule has 6 heteroatoms. The molecule has 0 spiro atoms. The van der Waals surface area contributed by atoms with Crippen molar-refractivity contribution in [3.8, 4) is 16.9 Å². The van der Waals surface area contributed by atoms with Gasteiger partial charge in [-0.25, -0.2) is 4.98 Å². The smallest absolute Gasteiger partial charge is 0.225 e. The lowest BCUT2D eigenvalue weighted by Gasteiger charge is -2.49. The normalized spacial score (nSPS) is 20.9. The van der Waals surface area contributed by atoms with Crippen LogP contribution in [-0.4, -0.2) is 38.6 Å². The van der Waals surface area contributed by atoms with E-state index in [4.69, 9.17) is 9.47 Å². The monoisotopic (exact) mass is 549 g/mol.